The maximum absolute atomic E-state index is 11.0. The summed E-state index contributed by atoms with van der Waals surface area (Å²) in [6, 6.07) is 23.3. The van der Waals surface area contributed by atoms with Gasteiger partial charge in [0.05, 0.1) is 9.21 Å². The molecule has 2 aromatic carbocycles. The molecule has 0 fully saturated rings. The minimum atomic E-state index is 0.0748. The molecule has 2 aromatic heterocycles. The van der Waals surface area contributed by atoms with Crippen molar-refractivity contribution >= 4 is 68.1 Å². The summed E-state index contributed by atoms with van der Waals surface area (Å²) in [6.07, 6.45) is 3.69. The van der Waals surface area contributed by atoms with Crippen LogP contribution in [0.3, 0.4) is 0 Å². The van der Waals surface area contributed by atoms with E-state index in [1.165, 1.54) is 11.3 Å². The van der Waals surface area contributed by atoms with Crippen molar-refractivity contribution in [3.63, 3.8) is 0 Å². The number of thiophene rings is 1. The van der Waals surface area contributed by atoms with Crippen molar-refractivity contribution in [3.8, 4) is 0 Å². The highest BCUT2D eigenvalue weighted by atomic mass is 35.5. The van der Waals surface area contributed by atoms with Crippen LogP contribution in [0.4, 0.5) is 5.69 Å². The molecule has 6 heteroatoms. The summed E-state index contributed by atoms with van der Waals surface area (Å²) in [5, 5.41) is 16.5. The second-order valence-electron chi connectivity index (χ2n) is 6.06. The van der Waals surface area contributed by atoms with E-state index in [0.717, 1.165) is 16.5 Å². The number of nitrogens with one attached hydrogen (secondary N) is 1. The summed E-state index contributed by atoms with van der Waals surface area (Å²) in [6.45, 7) is 0. The highest BCUT2D eigenvalue weighted by Crippen LogP contribution is 2.29. The molecular weight excluding hydrogens is 408 g/mol. The molecule has 0 aliphatic heterocycles. The zero-order valence-corrected chi connectivity index (χ0v) is 17.1. The Morgan fingerprint density at radius 1 is 0.929 bits per heavy atom. The maximum Gasteiger partial charge on any atom is 0.289 e. The first-order chi connectivity index (χ1) is 13.6. The fourth-order valence-corrected chi connectivity index (χ4v) is 4.27. The van der Waals surface area contributed by atoms with Gasteiger partial charge in [0, 0.05) is 23.2 Å². The SMILES string of the molecule is O/C(=C(\C(=S)Nc1cccc2ccccc12)[n+]1ccccc1)c1ccc(Cl)s1. The Bertz CT molecular complexity index is 1180. The number of anilines is 1. The normalized spacial score (nSPS) is 11.9. The van der Waals surface area contributed by atoms with Crippen LogP contribution in [0.25, 0.3) is 22.2 Å². The van der Waals surface area contributed by atoms with E-state index < -0.39 is 0 Å². The molecule has 0 aliphatic carbocycles. The monoisotopic (exact) mass is 423 g/mol. The summed E-state index contributed by atoms with van der Waals surface area (Å²) in [4.78, 5) is 1.06. The third-order valence-corrected chi connectivity index (χ3v) is 5.79. The standard InChI is InChI=1S/C22H15ClN2OS2/c23-19-12-11-18(28-19)21(26)20(25-13-4-1-5-14-25)22(27)24-17-10-6-8-15-7-2-3-9-16(15)17/h1-14H,(H-,24,26,27)/p+1. The lowest BCUT2D eigenvalue weighted by Gasteiger charge is -2.11. The second kappa shape index (κ2) is 8.10. The van der Waals surface area contributed by atoms with Gasteiger partial charge in [0.2, 0.25) is 5.76 Å². The summed E-state index contributed by atoms with van der Waals surface area (Å²) in [5.74, 6) is 0.0748. The van der Waals surface area contributed by atoms with Gasteiger partial charge in [-0.3, -0.25) is 0 Å². The fraction of sp³-hybridized carbons (Fsp3) is 0. The minimum absolute atomic E-state index is 0.0748. The number of nitrogens with zero attached hydrogens (tertiary/aromatic N) is 1. The molecule has 28 heavy (non-hydrogen) atoms. The Morgan fingerprint density at radius 3 is 2.43 bits per heavy atom. The highest BCUT2D eigenvalue weighted by molar-refractivity contribution is 7.81. The van der Waals surface area contributed by atoms with Gasteiger partial charge in [-0.05, 0) is 23.6 Å². The van der Waals surface area contributed by atoms with Crippen LogP contribution in [0, 0.1) is 0 Å². The molecule has 0 aliphatic rings. The molecule has 3 nitrogen and oxygen atoms in total. The fourth-order valence-electron chi connectivity index (χ4n) is 2.97. The van der Waals surface area contributed by atoms with E-state index in [0.29, 0.717) is 19.9 Å². The van der Waals surface area contributed by atoms with E-state index >= 15 is 0 Å². The van der Waals surface area contributed by atoms with Gasteiger partial charge >= 0.3 is 0 Å². The molecule has 2 heterocycles. The number of benzene rings is 2. The molecule has 0 atom stereocenters. The van der Waals surface area contributed by atoms with Gasteiger partial charge in [-0.2, -0.15) is 4.57 Å². The Hall–Kier alpha value is -2.73. The average Bonchev–Trinajstić information content (AvgIpc) is 3.16. The molecule has 0 unspecified atom stereocenters. The quantitative estimate of drug-likeness (QED) is 0.178. The molecule has 4 aromatic rings. The number of rotatable bonds is 4. The van der Waals surface area contributed by atoms with Crippen molar-refractivity contribution in [2.75, 3.05) is 5.32 Å². The number of hydrogen-bond acceptors (Lipinski definition) is 3. The number of thiocarbonyl (C=S) groups is 1. The zero-order valence-electron chi connectivity index (χ0n) is 14.7. The van der Waals surface area contributed by atoms with Crippen molar-refractivity contribution in [1.29, 1.82) is 0 Å². The number of aromatic nitrogens is 1. The largest absolute Gasteiger partial charge is 0.501 e. The Morgan fingerprint density at radius 2 is 1.68 bits per heavy atom. The molecule has 138 valence electrons. The van der Waals surface area contributed by atoms with Crippen LogP contribution in [-0.2, 0) is 0 Å². The van der Waals surface area contributed by atoms with Crippen molar-refractivity contribution < 1.29 is 9.67 Å². The van der Waals surface area contributed by atoms with Gasteiger partial charge in [0.25, 0.3) is 5.70 Å². The van der Waals surface area contributed by atoms with E-state index in [9.17, 15) is 5.11 Å². The molecule has 0 saturated heterocycles. The summed E-state index contributed by atoms with van der Waals surface area (Å²) >= 11 is 13.1. The molecule has 4 rings (SSSR count). The van der Waals surface area contributed by atoms with Crippen LogP contribution in [0.15, 0.2) is 85.2 Å². The number of hydrogen-bond donors (Lipinski definition) is 2. The molecule has 2 N–H and O–H groups in total. The van der Waals surface area contributed by atoms with Gasteiger partial charge in [0.1, 0.15) is 0 Å². The van der Waals surface area contributed by atoms with Crippen molar-refractivity contribution in [1.82, 2.24) is 0 Å². The number of aliphatic hydroxyl groups excluding tert-OH is 1. The molecule has 0 saturated carbocycles. The molecule has 0 bridgehead atoms. The average molecular weight is 424 g/mol. The Balaban J connectivity index is 1.80. The summed E-state index contributed by atoms with van der Waals surface area (Å²) < 4.78 is 2.40. The van der Waals surface area contributed by atoms with Crippen LogP contribution in [-0.4, -0.2) is 10.1 Å². The highest BCUT2D eigenvalue weighted by Gasteiger charge is 2.24. The number of fused-ring (bicyclic) bond motifs is 1. The zero-order chi connectivity index (χ0) is 19.5. The minimum Gasteiger partial charge on any atom is -0.501 e. The number of pyridine rings is 1. The van der Waals surface area contributed by atoms with Crippen LogP contribution >= 0.6 is 35.2 Å². The van der Waals surface area contributed by atoms with Gasteiger partial charge in [0.15, 0.2) is 17.4 Å². The lowest BCUT2D eigenvalue weighted by molar-refractivity contribution is -0.575. The number of halogens is 1. The van der Waals surface area contributed by atoms with Crippen LogP contribution < -0.4 is 9.88 Å². The van der Waals surface area contributed by atoms with Gasteiger partial charge in [-0.15, -0.1) is 11.3 Å². The van der Waals surface area contributed by atoms with Gasteiger partial charge < -0.3 is 10.4 Å². The first-order valence-corrected chi connectivity index (χ1v) is 10.2. The first-order valence-electron chi connectivity index (χ1n) is 8.58. The first kappa shape index (κ1) is 18.6. The third kappa shape index (κ3) is 3.78. The van der Waals surface area contributed by atoms with Crippen molar-refractivity contribution in [3.05, 3.63) is 94.4 Å². The van der Waals surface area contributed by atoms with Crippen molar-refractivity contribution in [2.24, 2.45) is 0 Å². The molecule has 0 spiro atoms. The predicted octanol–water partition coefficient (Wildman–Crippen LogP) is 6.17. The lowest BCUT2D eigenvalue weighted by atomic mass is 10.1. The lowest BCUT2D eigenvalue weighted by Crippen LogP contribution is -2.38. The molecule has 0 radical (unpaired) electrons. The van der Waals surface area contributed by atoms with E-state index in [1.54, 1.807) is 16.7 Å². The second-order valence-corrected chi connectivity index (χ2v) is 8.19. The summed E-state index contributed by atoms with van der Waals surface area (Å²) in [7, 11) is 0. The van der Waals surface area contributed by atoms with Gasteiger partial charge in [-0.1, -0.05) is 66.3 Å². The maximum atomic E-state index is 11.0. The van der Waals surface area contributed by atoms with E-state index in [2.05, 4.69) is 17.4 Å². The van der Waals surface area contributed by atoms with Crippen LogP contribution in [0.2, 0.25) is 4.34 Å². The molecule has 0 amide bonds. The topological polar surface area (TPSA) is 36.1 Å². The molecular formula is C22H16ClN2OS2+. The number of aliphatic hydroxyl groups is 1. The predicted molar refractivity (Wildman–Crippen MR) is 122 cm³/mol. The van der Waals surface area contributed by atoms with E-state index in [-0.39, 0.29) is 5.76 Å². The van der Waals surface area contributed by atoms with Crippen molar-refractivity contribution in [2.45, 2.75) is 0 Å². The Labute approximate surface area is 177 Å². The van der Waals surface area contributed by atoms with Gasteiger partial charge in [-0.25, -0.2) is 0 Å². The van der Waals surface area contributed by atoms with Crippen LogP contribution in [0.5, 0.6) is 0 Å². The van der Waals surface area contributed by atoms with E-state index in [1.807, 2.05) is 60.9 Å². The van der Waals surface area contributed by atoms with E-state index in [4.69, 9.17) is 23.8 Å². The van der Waals surface area contributed by atoms with Crippen LogP contribution in [0.1, 0.15) is 4.88 Å². The third-order valence-electron chi connectivity index (χ3n) is 4.26. The Kier molecular flexibility index (Phi) is 5.39. The smallest absolute Gasteiger partial charge is 0.289 e. The summed E-state index contributed by atoms with van der Waals surface area (Å²) in [5.41, 5.74) is 1.37.